The number of para-hydroxylation sites is 1. The topological polar surface area (TPSA) is 46.6 Å². The Bertz CT molecular complexity index is 1050. The minimum atomic E-state index is -0.466. The number of benzene rings is 3. The number of anilines is 1. The molecule has 148 valence electrons. The van der Waals surface area contributed by atoms with Crippen molar-refractivity contribution in [1.29, 1.82) is 0 Å². The highest BCUT2D eigenvalue weighted by Crippen LogP contribution is 2.33. The summed E-state index contributed by atoms with van der Waals surface area (Å²) in [7, 11) is 0. The zero-order valence-corrected chi connectivity index (χ0v) is 16.8. The van der Waals surface area contributed by atoms with E-state index in [0.29, 0.717) is 18.2 Å². The van der Waals surface area contributed by atoms with Crippen LogP contribution in [-0.2, 0) is 9.59 Å². The molecule has 1 amide bonds. The maximum Gasteiger partial charge on any atom is 0.316 e. The molecule has 3 aromatic carbocycles. The molecule has 1 aliphatic heterocycles. The molecule has 4 nitrogen and oxygen atoms in total. The molecule has 29 heavy (non-hydrogen) atoms. The van der Waals surface area contributed by atoms with Gasteiger partial charge in [-0.25, -0.2) is 0 Å². The Balaban J connectivity index is 1.55. The van der Waals surface area contributed by atoms with E-state index in [1.165, 1.54) is 0 Å². The van der Waals surface area contributed by atoms with Gasteiger partial charge in [0, 0.05) is 18.4 Å². The van der Waals surface area contributed by atoms with Gasteiger partial charge in [0.05, 0.1) is 11.6 Å². The summed E-state index contributed by atoms with van der Waals surface area (Å²) in [6, 6.07) is 21.5. The lowest BCUT2D eigenvalue weighted by Gasteiger charge is -2.19. The molecule has 0 aliphatic carbocycles. The van der Waals surface area contributed by atoms with Crippen molar-refractivity contribution in [3.8, 4) is 5.75 Å². The third-order valence-corrected chi connectivity index (χ3v) is 5.79. The minimum Gasteiger partial charge on any atom is -0.426 e. The zero-order chi connectivity index (χ0) is 20.4. The Hall–Kier alpha value is -3.14. The molecule has 1 aliphatic rings. The van der Waals surface area contributed by atoms with Gasteiger partial charge in [0.15, 0.2) is 0 Å². The highest BCUT2D eigenvalue weighted by atomic mass is 16.5. The van der Waals surface area contributed by atoms with Crippen molar-refractivity contribution >= 4 is 28.3 Å². The Kier molecular flexibility index (Phi) is 5.34. The maximum atomic E-state index is 12.9. The second kappa shape index (κ2) is 8.08. The van der Waals surface area contributed by atoms with E-state index >= 15 is 0 Å². The first kappa shape index (κ1) is 19.2. The minimum absolute atomic E-state index is 0.0430. The zero-order valence-electron chi connectivity index (χ0n) is 16.8. The largest absolute Gasteiger partial charge is 0.426 e. The molecule has 4 rings (SSSR count). The monoisotopic (exact) mass is 387 g/mol. The summed E-state index contributed by atoms with van der Waals surface area (Å²) in [5.41, 5.74) is 1.88. The van der Waals surface area contributed by atoms with E-state index < -0.39 is 5.92 Å². The van der Waals surface area contributed by atoms with Gasteiger partial charge in [0.25, 0.3) is 0 Å². The summed E-state index contributed by atoms with van der Waals surface area (Å²) in [5, 5.41) is 2.09. The molecule has 1 fully saturated rings. The normalized spacial score (nSPS) is 17.5. The summed E-state index contributed by atoms with van der Waals surface area (Å²) in [5.74, 6) is 0.0566. The standard InChI is InChI=1S/C25H25NO3/c1-3-17(2)20-11-6-7-14-23(20)29-25(28)19-15-24(27)26(16-19)22-13-8-10-18-9-4-5-12-21(18)22/h4-14,17,19H,3,15-16H2,1-2H3/t17-,19+/m0/s1. The van der Waals surface area contributed by atoms with Gasteiger partial charge >= 0.3 is 5.97 Å². The van der Waals surface area contributed by atoms with Gasteiger partial charge in [-0.3, -0.25) is 9.59 Å². The molecule has 0 spiro atoms. The molecule has 0 N–H and O–H groups in total. The molecule has 3 aromatic rings. The third kappa shape index (κ3) is 3.75. The fourth-order valence-corrected chi connectivity index (χ4v) is 3.93. The molecule has 1 saturated heterocycles. The number of ether oxygens (including phenoxy) is 1. The van der Waals surface area contributed by atoms with Crippen LogP contribution in [0.2, 0.25) is 0 Å². The van der Waals surface area contributed by atoms with Gasteiger partial charge in [0.2, 0.25) is 5.91 Å². The first-order valence-corrected chi connectivity index (χ1v) is 10.2. The van der Waals surface area contributed by atoms with Crippen molar-refractivity contribution in [3.05, 3.63) is 72.3 Å². The van der Waals surface area contributed by atoms with Crippen LogP contribution in [0, 0.1) is 5.92 Å². The highest BCUT2D eigenvalue weighted by molar-refractivity contribution is 6.06. The molecule has 4 heteroatoms. The smallest absolute Gasteiger partial charge is 0.316 e. The van der Waals surface area contributed by atoms with Gasteiger partial charge in [-0.2, -0.15) is 0 Å². The van der Waals surface area contributed by atoms with E-state index in [4.69, 9.17) is 4.74 Å². The van der Waals surface area contributed by atoms with E-state index in [0.717, 1.165) is 28.4 Å². The number of carbonyl (C=O) groups excluding carboxylic acids is 2. The van der Waals surface area contributed by atoms with Gasteiger partial charge < -0.3 is 9.64 Å². The molecule has 0 radical (unpaired) electrons. The number of hydrogen-bond acceptors (Lipinski definition) is 3. The average Bonchev–Trinajstić information content (AvgIpc) is 3.14. The SMILES string of the molecule is CC[C@H](C)c1ccccc1OC(=O)[C@@H]1CC(=O)N(c2cccc3ccccc23)C1. The predicted molar refractivity (Wildman–Crippen MR) is 115 cm³/mol. The highest BCUT2D eigenvalue weighted by Gasteiger charge is 2.37. The fraction of sp³-hybridized carbons (Fsp3) is 0.280. The van der Waals surface area contributed by atoms with Gasteiger partial charge in [-0.1, -0.05) is 68.4 Å². The van der Waals surface area contributed by atoms with Crippen LogP contribution < -0.4 is 9.64 Å². The Labute approximate surface area is 171 Å². The van der Waals surface area contributed by atoms with Crippen molar-refractivity contribution < 1.29 is 14.3 Å². The summed E-state index contributed by atoms with van der Waals surface area (Å²) >= 11 is 0. The van der Waals surface area contributed by atoms with E-state index in [9.17, 15) is 9.59 Å². The predicted octanol–water partition coefficient (Wildman–Crippen LogP) is 5.31. The lowest BCUT2D eigenvalue weighted by molar-refractivity contribution is -0.139. The van der Waals surface area contributed by atoms with Crippen molar-refractivity contribution in [1.82, 2.24) is 0 Å². The van der Waals surface area contributed by atoms with Crippen molar-refractivity contribution in [2.24, 2.45) is 5.92 Å². The van der Waals surface area contributed by atoms with Crippen LogP contribution in [-0.4, -0.2) is 18.4 Å². The molecule has 1 heterocycles. The van der Waals surface area contributed by atoms with Crippen LogP contribution >= 0.6 is 0 Å². The molecular weight excluding hydrogens is 362 g/mol. The summed E-state index contributed by atoms with van der Waals surface area (Å²) in [4.78, 5) is 27.3. The first-order valence-electron chi connectivity index (χ1n) is 10.2. The van der Waals surface area contributed by atoms with Gasteiger partial charge in [-0.15, -0.1) is 0 Å². The van der Waals surface area contributed by atoms with Gasteiger partial charge in [-0.05, 0) is 35.4 Å². The Morgan fingerprint density at radius 2 is 1.79 bits per heavy atom. The number of rotatable bonds is 5. The van der Waals surface area contributed by atoms with Crippen LogP contribution in [0.5, 0.6) is 5.75 Å². The van der Waals surface area contributed by atoms with E-state index in [-0.39, 0.29) is 18.3 Å². The van der Waals surface area contributed by atoms with Crippen molar-refractivity contribution in [2.45, 2.75) is 32.6 Å². The second-order valence-electron chi connectivity index (χ2n) is 7.67. The fourth-order valence-electron chi connectivity index (χ4n) is 3.93. The second-order valence-corrected chi connectivity index (χ2v) is 7.67. The number of hydrogen-bond donors (Lipinski definition) is 0. The van der Waals surface area contributed by atoms with E-state index in [1.54, 1.807) is 4.90 Å². The van der Waals surface area contributed by atoms with Crippen LogP contribution in [0.15, 0.2) is 66.7 Å². The Morgan fingerprint density at radius 1 is 1.07 bits per heavy atom. The number of fused-ring (bicyclic) bond motifs is 1. The lowest BCUT2D eigenvalue weighted by Crippen LogP contribution is -2.27. The molecule has 0 bridgehead atoms. The Morgan fingerprint density at radius 3 is 2.62 bits per heavy atom. The molecule has 0 unspecified atom stereocenters. The first-order chi connectivity index (χ1) is 14.1. The van der Waals surface area contributed by atoms with Crippen LogP contribution in [0.25, 0.3) is 10.8 Å². The molecule has 0 aromatic heterocycles. The van der Waals surface area contributed by atoms with Crippen LogP contribution in [0.1, 0.15) is 38.2 Å². The number of carbonyl (C=O) groups is 2. The third-order valence-electron chi connectivity index (χ3n) is 5.79. The van der Waals surface area contributed by atoms with Gasteiger partial charge in [0.1, 0.15) is 5.75 Å². The van der Waals surface area contributed by atoms with E-state index in [2.05, 4.69) is 13.8 Å². The van der Waals surface area contributed by atoms with Crippen molar-refractivity contribution in [3.63, 3.8) is 0 Å². The molecule has 2 atom stereocenters. The summed E-state index contributed by atoms with van der Waals surface area (Å²) < 4.78 is 5.75. The molecular formula is C25H25NO3. The van der Waals surface area contributed by atoms with Crippen molar-refractivity contribution in [2.75, 3.05) is 11.4 Å². The molecule has 0 saturated carbocycles. The average molecular weight is 387 g/mol. The quantitative estimate of drug-likeness (QED) is 0.440. The number of amides is 1. The van der Waals surface area contributed by atoms with Crippen LogP contribution in [0.4, 0.5) is 5.69 Å². The number of esters is 1. The number of nitrogens with zero attached hydrogens (tertiary/aromatic N) is 1. The summed E-state index contributed by atoms with van der Waals surface area (Å²) in [6.07, 6.45) is 1.14. The lowest BCUT2D eigenvalue weighted by atomic mass is 9.98. The van der Waals surface area contributed by atoms with E-state index in [1.807, 2.05) is 66.7 Å². The van der Waals surface area contributed by atoms with Crippen LogP contribution in [0.3, 0.4) is 0 Å². The maximum absolute atomic E-state index is 12.9. The summed E-state index contributed by atoms with van der Waals surface area (Å²) in [6.45, 7) is 4.58.